The van der Waals surface area contributed by atoms with Crippen LogP contribution in [0.1, 0.15) is 29.0 Å². The van der Waals surface area contributed by atoms with E-state index < -0.39 is 5.91 Å². The maximum atomic E-state index is 11.6. The second-order valence-corrected chi connectivity index (χ2v) is 5.99. The summed E-state index contributed by atoms with van der Waals surface area (Å²) in [5, 5.41) is 0. The highest BCUT2D eigenvalue weighted by molar-refractivity contribution is 9.10. The number of methoxy groups -OCH3 is 1. The first-order chi connectivity index (χ1) is 9.95. The van der Waals surface area contributed by atoms with Gasteiger partial charge in [0.05, 0.1) is 18.2 Å². The number of hydrogen-bond acceptors (Lipinski definition) is 2. The number of ether oxygens (including phenoxy) is 1. The Morgan fingerprint density at radius 1 is 1.43 bits per heavy atom. The fraction of sp³-hybridized carbons (Fsp3) is 0.312. The molecule has 112 valence electrons. The molecule has 21 heavy (non-hydrogen) atoms. The van der Waals surface area contributed by atoms with Crippen LogP contribution < -0.4 is 5.73 Å². The monoisotopic (exact) mass is 350 g/mol. The van der Waals surface area contributed by atoms with Crippen molar-refractivity contribution in [1.82, 2.24) is 4.57 Å². The number of carbonyl (C=O) groups is 1. The lowest BCUT2D eigenvalue weighted by atomic mass is 10.1. The van der Waals surface area contributed by atoms with Crippen molar-refractivity contribution in [3.63, 3.8) is 0 Å². The van der Waals surface area contributed by atoms with E-state index in [9.17, 15) is 4.79 Å². The number of amides is 1. The molecule has 0 radical (unpaired) electrons. The molecule has 0 spiro atoms. The summed E-state index contributed by atoms with van der Waals surface area (Å²) in [6.45, 7) is 4.53. The zero-order chi connectivity index (χ0) is 15.6. The van der Waals surface area contributed by atoms with E-state index in [1.807, 2.05) is 37.3 Å². The van der Waals surface area contributed by atoms with Gasteiger partial charge in [-0.1, -0.05) is 28.1 Å². The maximum Gasteiger partial charge on any atom is 0.250 e. The van der Waals surface area contributed by atoms with Gasteiger partial charge in [0.15, 0.2) is 0 Å². The number of aromatic nitrogens is 1. The molecule has 2 N–H and O–H groups in total. The summed E-state index contributed by atoms with van der Waals surface area (Å²) in [7, 11) is 1.67. The second-order valence-electron chi connectivity index (χ2n) is 5.08. The van der Waals surface area contributed by atoms with Crippen LogP contribution in [0, 0.1) is 6.92 Å². The van der Waals surface area contributed by atoms with Crippen LogP contribution in [-0.2, 0) is 4.74 Å². The van der Waals surface area contributed by atoms with Crippen LogP contribution in [0.5, 0.6) is 0 Å². The Morgan fingerprint density at radius 3 is 2.71 bits per heavy atom. The van der Waals surface area contributed by atoms with E-state index in [1.54, 1.807) is 7.11 Å². The molecule has 1 unspecified atom stereocenters. The quantitative estimate of drug-likeness (QED) is 0.896. The number of halogens is 1. The largest absolute Gasteiger partial charge is 0.383 e. The summed E-state index contributed by atoms with van der Waals surface area (Å²) in [6, 6.07) is 9.94. The molecule has 1 atom stereocenters. The van der Waals surface area contributed by atoms with Gasteiger partial charge in [-0.15, -0.1) is 0 Å². The second kappa shape index (κ2) is 6.45. The van der Waals surface area contributed by atoms with Crippen LogP contribution in [0.3, 0.4) is 0 Å². The molecule has 4 nitrogen and oxygen atoms in total. The van der Waals surface area contributed by atoms with Gasteiger partial charge in [0.1, 0.15) is 0 Å². The molecule has 0 aliphatic heterocycles. The number of hydrogen-bond donors (Lipinski definition) is 1. The summed E-state index contributed by atoms with van der Waals surface area (Å²) < 4.78 is 8.34. The number of rotatable bonds is 5. The topological polar surface area (TPSA) is 57.2 Å². The van der Waals surface area contributed by atoms with Gasteiger partial charge in [-0.3, -0.25) is 4.79 Å². The van der Waals surface area contributed by atoms with Gasteiger partial charge in [-0.05, 0) is 37.6 Å². The molecule has 2 rings (SSSR count). The third kappa shape index (κ3) is 3.19. The molecule has 0 bridgehead atoms. The molecule has 0 saturated carbocycles. The van der Waals surface area contributed by atoms with Crippen molar-refractivity contribution < 1.29 is 9.53 Å². The lowest BCUT2D eigenvalue weighted by Crippen LogP contribution is -2.16. The molecule has 2 aromatic rings. The number of carbonyl (C=O) groups excluding carboxylic acids is 1. The number of benzene rings is 1. The number of primary amides is 1. The van der Waals surface area contributed by atoms with Crippen LogP contribution in [0.15, 0.2) is 34.8 Å². The van der Waals surface area contributed by atoms with Gasteiger partial charge in [0.25, 0.3) is 5.91 Å². The third-order valence-corrected chi connectivity index (χ3v) is 4.02. The molecule has 5 heteroatoms. The van der Waals surface area contributed by atoms with Crippen LogP contribution >= 0.6 is 15.9 Å². The average molecular weight is 351 g/mol. The molecule has 0 fully saturated rings. The zero-order valence-corrected chi connectivity index (χ0v) is 14.0. The van der Waals surface area contributed by atoms with Gasteiger partial charge < -0.3 is 15.0 Å². The van der Waals surface area contributed by atoms with E-state index in [1.165, 1.54) is 0 Å². The van der Waals surface area contributed by atoms with Crippen molar-refractivity contribution in [2.24, 2.45) is 5.73 Å². The normalized spacial score (nSPS) is 12.4. The summed E-state index contributed by atoms with van der Waals surface area (Å²) >= 11 is 3.48. The van der Waals surface area contributed by atoms with E-state index in [0.29, 0.717) is 12.2 Å². The Kier molecular flexibility index (Phi) is 4.85. The van der Waals surface area contributed by atoms with Crippen molar-refractivity contribution in [1.29, 1.82) is 0 Å². The molecule has 0 saturated heterocycles. The van der Waals surface area contributed by atoms with Crippen molar-refractivity contribution in [3.8, 4) is 11.3 Å². The van der Waals surface area contributed by atoms with Crippen LogP contribution in [0.4, 0.5) is 0 Å². The Balaban J connectivity index is 2.63. The van der Waals surface area contributed by atoms with E-state index in [4.69, 9.17) is 10.5 Å². The van der Waals surface area contributed by atoms with Gasteiger partial charge in [0.2, 0.25) is 0 Å². The van der Waals surface area contributed by atoms with Gasteiger partial charge >= 0.3 is 0 Å². The van der Waals surface area contributed by atoms with Crippen molar-refractivity contribution in [3.05, 3.63) is 46.1 Å². The highest BCUT2D eigenvalue weighted by Gasteiger charge is 2.20. The number of nitrogens with zero attached hydrogens (tertiary/aromatic N) is 1. The Hall–Kier alpha value is -1.59. The molecule has 1 heterocycles. The lowest BCUT2D eigenvalue weighted by molar-refractivity contribution is 0.0999. The van der Waals surface area contributed by atoms with Gasteiger partial charge in [-0.2, -0.15) is 0 Å². The van der Waals surface area contributed by atoms with E-state index in [0.717, 1.165) is 21.4 Å². The molecule has 0 aliphatic rings. The molecule has 1 aromatic heterocycles. The SMILES string of the molecule is COCC(C)n1c(-c2cccc(Br)c2)cc(C(N)=O)c1C. The summed E-state index contributed by atoms with van der Waals surface area (Å²) in [5.74, 6) is -0.410. The standard InChI is InChI=1S/C16H19BrN2O2/c1-10(9-21-3)19-11(2)14(16(18)20)8-15(19)12-5-4-6-13(17)7-12/h4-8,10H,9H2,1-3H3,(H2,18,20). The maximum absolute atomic E-state index is 11.6. The van der Waals surface area contributed by atoms with Crippen molar-refractivity contribution in [2.45, 2.75) is 19.9 Å². The van der Waals surface area contributed by atoms with E-state index in [-0.39, 0.29) is 6.04 Å². The predicted octanol–water partition coefficient (Wildman–Crippen LogP) is 3.53. The minimum atomic E-state index is -0.410. The molecule has 1 amide bonds. The first-order valence-corrected chi connectivity index (χ1v) is 7.51. The fourth-order valence-corrected chi connectivity index (χ4v) is 3.02. The minimum absolute atomic E-state index is 0.108. The van der Waals surface area contributed by atoms with Crippen LogP contribution in [-0.4, -0.2) is 24.2 Å². The smallest absolute Gasteiger partial charge is 0.250 e. The van der Waals surface area contributed by atoms with Crippen LogP contribution in [0.25, 0.3) is 11.3 Å². The van der Waals surface area contributed by atoms with Crippen molar-refractivity contribution in [2.75, 3.05) is 13.7 Å². The first kappa shape index (κ1) is 15.8. The highest BCUT2D eigenvalue weighted by Crippen LogP contribution is 2.30. The first-order valence-electron chi connectivity index (χ1n) is 6.72. The van der Waals surface area contributed by atoms with Crippen LogP contribution in [0.2, 0.25) is 0 Å². The highest BCUT2D eigenvalue weighted by atomic mass is 79.9. The van der Waals surface area contributed by atoms with E-state index in [2.05, 4.69) is 27.4 Å². The Labute approximate surface area is 133 Å². The lowest BCUT2D eigenvalue weighted by Gasteiger charge is -2.19. The summed E-state index contributed by atoms with van der Waals surface area (Å²) in [4.78, 5) is 11.6. The molecule has 1 aromatic carbocycles. The third-order valence-electron chi connectivity index (χ3n) is 3.53. The molecule has 0 aliphatic carbocycles. The fourth-order valence-electron chi connectivity index (χ4n) is 2.62. The molecular formula is C16H19BrN2O2. The molecular weight excluding hydrogens is 332 g/mol. The average Bonchev–Trinajstić information content (AvgIpc) is 2.77. The van der Waals surface area contributed by atoms with E-state index >= 15 is 0 Å². The Morgan fingerprint density at radius 2 is 2.14 bits per heavy atom. The van der Waals surface area contributed by atoms with Gasteiger partial charge in [-0.25, -0.2) is 0 Å². The Bertz CT molecular complexity index is 664. The van der Waals surface area contributed by atoms with Gasteiger partial charge in [0, 0.05) is 23.0 Å². The van der Waals surface area contributed by atoms with Crippen molar-refractivity contribution >= 4 is 21.8 Å². The minimum Gasteiger partial charge on any atom is -0.383 e. The number of nitrogens with two attached hydrogens (primary N) is 1. The summed E-state index contributed by atoms with van der Waals surface area (Å²) in [5.41, 5.74) is 8.89. The predicted molar refractivity (Wildman–Crippen MR) is 87.4 cm³/mol. The summed E-state index contributed by atoms with van der Waals surface area (Å²) in [6.07, 6.45) is 0. The zero-order valence-electron chi connectivity index (χ0n) is 12.4.